The molecule has 158 valence electrons. The van der Waals surface area contributed by atoms with E-state index in [2.05, 4.69) is 28.6 Å². The Morgan fingerprint density at radius 1 is 1.10 bits per heavy atom. The van der Waals surface area contributed by atoms with Crippen molar-refractivity contribution in [2.45, 2.75) is 36.7 Å². The number of hydrogen-bond acceptors (Lipinski definition) is 6. The Balaban J connectivity index is 1.66. The molecule has 0 aliphatic carbocycles. The van der Waals surface area contributed by atoms with Crippen LogP contribution >= 0.6 is 11.8 Å². The minimum Gasteiger partial charge on any atom is -0.467 e. The number of hydrogen-bond donors (Lipinski definition) is 0. The van der Waals surface area contributed by atoms with E-state index in [4.69, 9.17) is 9.15 Å². The molecule has 0 bridgehead atoms. The van der Waals surface area contributed by atoms with Crippen molar-refractivity contribution >= 4 is 17.7 Å². The van der Waals surface area contributed by atoms with Crippen molar-refractivity contribution in [3.8, 4) is 0 Å². The zero-order chi connectivity index (χ0) is 20.9. The molecule has 1 amide bonds. The van der Waals surface area contributed by atoms with Gasteiger partial charge in [0, 0.05) is 19.0 Å². The highest BCUT2D eigenvalue weighted by molar-refractivity contribution is 8.00. The lowest BCUT2D eigenvalue weighted by atomic mass is 10.1. The Bertz CT molecular complexity index is 950. The number of furan rings is 1. The Labute approximate surface area is 180 Å². The van der Waals surface area contributed by atoms with E-state index < -0.39 is 5.25 Å². The second kappa shape index (κ2) is 9.49. The first-order valence-electron chi connectivity index (χ1n) is 10.2. The third-order valence-electron chi connectivity index (χ3n) is 5.03. The van der Waals surface area contributed by atoms with Gasteiger partial charge in [-0.15, -0.1) is 10.2 Å². The lowest BCUT2D eigenvalue weighted by Crippen LogP contribution is -2.42. The van der Waals surface area contributed by atoms with Gasteiger partial charge in [-0.1, -0.05) is 55.9 Å². The van der Waals surface area contributed by atoms with E-state index in [1.165, 1.54) is 11.8 Å². The largest absolute Gasteiger partial charge is 0.467 e. The quantitative estimate of drug-likeness (QED) is 0.536. The lowest BCUT2D eigenvalue weighted by Gasteiger charge is -2.30. The van der Waals surface area contributed by atoms with Crippen LogP contribution in [0.1, 0.15) is 42.2 Å². The molecule has 2 aromatic heterocycles. The molecule has 0 N–H and O–H groups in total. The van der Waals surface area contributed by atoms with Crippen LogP contribution in [0.2, 0.25) is 0 Å². The van der Waals surface area contributed by atoms with E-state index in [1.54, 1.807) is 6.26 Å². The van der Waals surface area contributed by atoms with Crippen LogP contribution < -0.4 is 0 Å². The third kappa shape index (κ3) is 4.60. The number of nitrogens with zero attached hydrogens (tertiary/aromatic N) is 4. The van der Waals surface area contributed by atoms with Gasteiger partial charge in [-0.05, 0) is 17.7 Å². The number of ether oxygens (including phenoxy) is 1. The summed E-state index contributed by atoms with van der Waals surface area (Å²) < 4.78 is 13.0. The number of rotatable bonds is 7. The zero-order valence-corrected chi connectivity index (χ0v) is 18.0. The molecule has 0 saturated carbocycles. The minimum atomic E-state index is -0.399. The highest BCUT2D eigenvalue weighted by Crippen LogP contribution is 2.37. The van der Waals surface area contributed by atoms with Gasteiger partial charge in [0.15, 0.2) is 5.16 Å². The fourth-order valence-electron chi connectivity index (χ4n) is 3.47. The SMILES string of the molecule is CC(C)c1nnc(S[C@@H](C(=O)N2CCOCC2)c2ccccc2)n1Cc1ccco1. The second-order valence-corrected chi connectivity index (χ2v) is 8.58. The molecule has 8 heteroatoms. The van der Waals surface area contributed by atoms with Crippen molar-refractivity contribution in [3.63, 3.8) is 0 Å². The predicted molar refractivity (Wildman–Crippen MR) is 114 cm³/mol. The van der Waals surface area contributed by atoms with E-state index in [0.717, 1.165) is 17.1 Å². The minimum absolute atomic E-state index is 0.0770. The molecule has 3 aromatic rings. The standard InChI is InChI=1S/C22H26N4O3S/c1-16(2)20-23-24-22(26(20)15-18-9-6-12-29-18)30-19(17-7-4-3-5-8-17)21(27)25-10-13-28-14-11-25/h3-9,12,16,19H,10-11,13-15H2,1-2H3/t19-/m1/s1. The molecule has 4 rings (SSSR count). The predicted octanol–water partition coefficient (Wildman–Crippen LogP) is 3.74. The summed E-state index contributed by atoms with van der Waals surface area (Å²) in [7, 11) is 0. The summed E-state index contributed by atoms with van der Waals surface area (Å²) in [6, 6.07) is 13.7. The van der Waals surface area contributed by atoms with Crippen LogP contribution in [-0.2, 0) is 16.1 Å². The Morgan fingerprint density at radius 2 is 1.87 bits per heavy atom. The first-order valence-corrected chi connectivity index (χ1v) is 11.0. The van der Waals surface area contributed by atoms with Gasteiger partial charge in [-0.2, -0.15) is 0 Å². The first kappa shape index (κ1) is 20.7. The summed E-state index contributed by atoms with van der Waals surface area (Å²) in [5, 5.41) is 9.18. The molecule has 0 unspecified atom stereocenters. The summed E-state index contributed by atoms with van der Waals surface area (Å²) in [4.78, 5) is 15.3. The van der Waals surface area contributed by atoms with E-state index in [-0.39, 0.29) is 11.8 Å². The summed E-state index contributed by atoms with van der Waals surface area (Å²) in [5.41, 5.74) is 0.956. The lowest BCUT2D eigenvalue weighted by molar-refractivity contribution is -0.134. The Kier molecular flexibility index (Phi) is 6.54. The highest BCUT2D eigenvalue weighted by atomic mass is 32.2. The number of carbonyl (C=O) groups excluding carboxylic acids is 1. The highest BCUT2D eigenvalue weighted by Gasteiger charge is 2.30. The van der Waals surface area contributed by atoms with Crippen LogP contribution in [0.15, 0.2) is 58.3 Å². The van der Waals surface area contributed by atoms with Gasteiger partial charge in [-0.25, -0.2) is 0 Å². The maximum atomic E-state index is 13.4. The van der Waals surface area contributed by atoms with Crippen LogP contribution in [-0.4, -0.2) is 51.9 Å². The topological polar surface area (TPSA) is 73.4 Å². The van der Waals surface area contributed by atoms with Gasteiger partial charge < -0.3 is 14.1 Å². The molecular formula is C22H26N4O3S. The second-order valence-electron chi connectivity index (χ2n) is 7.51. The summed E-state index contributed by atoms with van der Waals surface area (Å²) in [6.45, 7) is 7.07. The van der Waals surface area contributed by atoms with E-state index >= 15 is 0 Å². The molecular weight excluding hydrogens is 400 g/mol. The summed E-state index contributed by atoms with van der Waals surface area (Å²) in [6.07, 6.45) is 1.66. The van der Waals surface area contributed by atoms with Crippen LogP contribution in [0.25, 0.3) is 0 Å². The van der Waals surface area contributed by atoms with Crippen LogP contribution in [0.3, 0.4) is 0 Å². The van der Waals surface area contributed by atoms with Gasteiger partial charge in [-0.3, -0.25) is 9.36 Å². The number of benzene rings is 1. The van der Waals surface area contributed by atoms with Crippen molar-refractivity contribution < 1.29 is 13.9 Å². The Morgan fingerprint density at radius 3 is 2.53 bits per heavy atom. The number of thioether (sulfide) groups is 1. The van der Waals surface area contributed by atoms with E-state index in [9.17, 15) is 4.79 Å². The first-order chi connectivity index (χ1) is 14.6. The Hall–Kier alpha value is -2.58. The molecule has 0 spiro atoms. The molecule has 1 fully saturated rings. The van der Waals surface area contributed by atoms with Gasteiger partial charge in [0.1, 0.15) is 16.8 Å². The number of carbonyl (C=O) groups is 1. The zero-order valence-electron chi connectivity index (χ0n) is 17.2. The average Bonchev–Trinajstić information content (AvgIpc) is 3.43. The monoisotopic (exact) mass is 426 g/mol. The third-order valence-corrected chi connectivity index (χ3v) is 6.25. The molecule has 1 aliphatic heterocycles. The van der Waals surface area contributed by atoms with Crippen LogP contribution in [0, 0.1) is 0 Å². The molecule has 7 nitrogen and oxygen atoms in total. The molecule has 0 radical (unpaired) electrons. The van der Waals surface area contributed by atoms with Gasteiger partial charge >= 0.3 is 0 Å². The molecule has 30 heavy (non-hydrogen) atoms. The van der Waals surface area contributed by atoms with Crippen molar-refractivity contribution in [1.29, 1.82) is 0 Å². The number of amides is 1. The number of morpholine rings is 1. The number of aromatic nitrogens is 3. The summed E-state index contributed by atoms with van der Waals surface area (Å²) in [5.74, 6) is 1.98. The average molecular weight is 427 g/mol. The smallest absolute Gasteiger partial charge is 0.240 e. The maximum Gasteiger partial charge on any atom is 0.240 e. The normalized spacial score (nSPS) is 15.5. The van der Waals surface area contributed by atoms with E-state index in [0.29, 0.717) is 38.0 Å². The summed E-state index contributed by atoms with van der Waals surface area (Å²) >= 11 is 1.45. The molecule has 1 atom stereocenters. The molecule has 1 aliphatic rings. The van der Waals surface area contributed by atoms with Crippen LogP contribution in [0.4, 0.5) is 0 Å². The van der Waals surface area contributed by atoms with Gasteiger partial charge in [0.25, 0.3) is 0 Å². The fraction of sp³-hybridized carbons (Fsp3) is 0.409. The van der Waals surface area contributed by atoms with Crippen LogP contribution in [0.5, 0.6) is 0 Å². The van der Waals surface area contributed by atoms with Gasteiger partial charge in [0.05, 0.1) is 26.0 Å². The molecule has 3 heterocycles. The van der Waals surface area contributed by atoms with Crippen molar-refractivity contribution in [2.75, 3.05) is 26.3 Å². The van der Waals surface area contributed by atoms with E-state index in [1.807, 2.05) is 47.4 Å². The fourth-order valence-corrected chi connectivity index (χ4v) is 4.59. The van der Waals surface area contributed by atoms with Gasteiger partial charge in [0.2, 0.25) is 5.91 Å². The van der Waals surface area contributed by atoms with Crippen molar-refractivity contribution in [1.82, 2.24) is 19.7 Å². The molecule has 1 aromatic carbocycles. The van der Waals surface area contributed by atoms with Crippen molar-refractivity contribution in [3.05, 3.63) is 65.9 Å². The molecule has 1 saturated heterocycles. The van der Waals surface area contributed by atoms with Crippen molar-refractivity contribution in [2.24, 2.45) is 0 Å². The maximum absolute atomic E-state index is 13.4.